The van der Waals surface area contributed by atoms with E-state index in [9.17, 15) is 4.79 Å². The van der Waals surface area contributed by atoms with Gasteiger partial charge in [0.15, 0.2) is 5.69 Å². The number of nitriles is 1. The number of halogens is 1. The van der Waals surface area contributed by atoms with Gasteiger partial charge < -0.3 is 5.11 Å². The molecule has 0 fully saturated rings. The second kappa shape index (κ2) is 3.87. The number of carboxylic acids is 1. The van der Waals surface area contributed by atoms with Crippen molar-refractivity contribution < 1.29 is 9.90 Å². The first-order valence-electron chi connectivity index (χ1n) is 3.40. The number of hydrogen-bond donors (Lipinski definition) is 1. The van der Waals surface area contributed by atoms with Crippen LogP contribution >= 0.6 is 11.6 Å². The second-order valence-corrected chi connectivity index (χ2v) is 2.72. The summed E-state index contributed by atoms with van der Waals surface area (Å²) in [4.78, 5) is 14.1. The van der Waals surface area contributed by atoms with Crippen molar-refractivity contribution in [2.75, 3.05) is 0 Å². The fourth-order valence-electron chi connectivity index (χ4n) is 0.823. The van der Waals surface area contributed by atoms with Crippen molar-refractivity contribution in [3.63, 3.8) is 0 Å². The number of pyridine rings is 1. The third-order valence-corrected chi connectivity index (χ3v) is 1.67. The average molecular weight is 197 g/mol. The Morgan fingerprint density at radius 2 is 2.46 bits per heavy atom. The van der Waals surface area contributed by atoms with E-state index in [2.05, 4.69) is 4.98 Å². The van der Waals surface area contributed by atoms with E-state index in [-0.39, 0.29) is 17.1 Å². The number of carbonyl (C=O) groups is 1. The van der Waals surface area contributed by atoms with Crippen molar-refractivity contribution in [2.24, 2.45) is 0 Å². The predicted octanol–water partition coefficient (Wildman–Crippen LogP) is 1.50. The Hall–Kier alpha value is -1.60. The molecule has 0 amide bonds. The van der Waals surface area contributed by atoms with Gasteiger partial charge in [-0.15, -0.1) is 0 Å². The molecule has 1 aromatic heterocycles. The Bertz CT molecular complexity index is 384. The second-order valence-electron chi connectivity index (χ2n) is 2.31. The molecule has 0 unspecified atom stereocenters. The number of rotatable bonds is 2. The zero-order chi connectivity index (χ0) is 9.84. The quantitative estimate of drug-likeness (QED) is 0.778. The largest absolute Gasteiger partial charge is 0.476 e. The van der Waals surface area contributed by atoms with Gasteiger partial charge in [-0.3, -0.25) is 0 Å². The fraction of sp³-hybridized carbons (Fsp3) is 0.125. The number of aromatic carboxylic acids is 1. The molecule has 1 rings (SSSR count). The topological polar surface area (TPSA) is 74.0 Å². The molecule has 1 heterocycles. The van der Waals surface area contributed by atoms with Crippen LogP contribution in [0.2, 0.25) is 5.02 Å². The van der Waals surface area contributed by atoms with Crippen LogP contribution in [-0.4, -0.2) is 16.1 Å². The highest BCUT2D eigenvalue weighted by atomic mass is 35.5. The Labute approximate surface area is 79.4 Å². The molecule has 1 N–H and O–H groups in total. The maximum absolute atomic E-state index is 10.5. The molecular weight excluding hydrogens is 192 g/mol. The molecule has 0 aliphatic rings. The van der Waals surface area contributed by atoms with Gasteiger partial charge >= 0.3 is 5.97 Å². The SMILES string of the molecule is N#CCc1cnc(C(=O)O)c(Cl)c1. The lowest BCUT2D eigenvalue weighted by Gasteiger charge is -1.98. The molecule has 0 aliphatic heterocycles. The van der Waals surface area contributed by atoms with Crippen LogP contribution in [0.1, 0.15) is 16.1 Å². The van der Waals surface area contributed by atoms with E-state index in [0.717, 1.165) is 0 Å². The van der Waals surface area contributed by atoms with Gasteiger partial charge in [-0.05, 0) is 11.6 Å². The summed E-state index contributed by atoms with van der Waals surface area (Å²) in [6.45, 7) is 0. The highest BCUT2D eigenvalue weighted by Crippen LogP contribution is 2.15. The summed E-state index contributed by atoms with van der Waals surface area (Å²) < 4.78 is 0. The lowest BCUT2D eigenvalue weighted by molar-refractivity contribution is 0.0690. The monoisotopic (exact) mass is 196 g/mol. The standard InChI is InChI=1S/C8H5ClN2O2/c9-6-3-5(1-2-10)4-11-7(6)8(12)13/h3-4H,1H2,(H,12,13). The van der Waals surface area contributed by atoms with Crippen LogP contribution in [0.4, 0.5) is 0 Å². The molecular formula is C8H5ClN2O2. The molecule has 1 aromatic rings. The van der Waals surface area contributed by atoms with E-state index in [1.165, 1.54) is 12.3 Å². The van der Waals surface area contributed by atoms with Gasteiger partial charge in [0.1, 0.15) is 0 Å². The van der Waals surface area contributed by atoms with Crippen LogP contribution in [0.25, 0.3) is 0 Å². The van der Waals surface area contributed by atoms with E-state index in [1.807, 2.05) is 6.07 Å². The average Bonchev–Trinajstić information content (AvgIpc) is 2.04. The zero-order valence-electron chi connectivity index (χ0n) is 6.49. The molecule has 0 saturated carbocycles. The smallest absolute Gasteiger partial charge is 0.356 e. The molecule has 0 radical (unpaired) electrons. The molecule has 0 aromatic carbocycles. The van der Waals surface area contributed by atoms with E-state index < -0.39 is 5.97 Å². The van der Waals surface area contributed by atoms with Gasteiger partial charge in [-0.1, -0.05) is 11.6 Å². The van der Waals surface area contributed by atoms with Crippen LogP contribution in [0.3, 0.4) is 0 Å². The molecule has 66 valence electrons. The summed E-state index contributed by atoms with van der Waals surface area (Å²) in [5, 5.41) is 17.0. The van der Waals surface area contributed by atoms with Crippen LogP contribution < -0.4 is 0 Å². The van der Waals surface area contributed by atoms with Gasteiger partial charge in [-0.25, -0.2) is 9.78 Å². The minimum atomic E-state index is -1.17. The van der Waals surface area contributed by atoms with E-state index in [0.29, 0.717) is 5.56 Å². The van der Waals surface area contributed by atoms with Gasteiger partial charge in [0.2, 0.25) is 0 Å². The minimum absolute atomic E-state index is 0.0558. The summed E-state index contributed by atoms with van der Waals surface area (Å²) >= 11 is 5.61. The molecule has 0 saturated heterocycles. The summed E-state index contributed by atoms with van der Waals surface area (Å²) in [7, 11) is 0. The lowest BCUT2D eigenvalue weighted by atomic mass is 10.2. The van der Waals surface area contributed by atoms with Crippen molar-refractivity contribution in [1.82, 2.24) is 4.98 Å². The number of hydrogen-bond acceptors (Lipinski definition) is 3. The van der Waals surface area contributed by atoms with Crippen molar-refractivity contribution in [3.05, 3.63) is 28.5 Å². The van der Waals surface area contributed by atoms with Crippen molar-refractivity contribution in [1.29, 1.82) is 5.26 Å². The number of aromatic nitrogens is 1. The Morgan fingerprint density at radius 1 is 1.77 bits per heavy atom. The first-order valence-corrected chi connectivity index (χ1v) is 3.77. The third-order valence-electron chi connectivity index (χ3n) is 1.38. The van der Waals surface area contributed by atoms with E-state index in [4.69, 9.17) is 22.0 Å². The van der Waals surface area contributed by atoms with Gasteiger partial charge in [0.25, 0.3) is 0 Å². The third kappa shape index (κ3) is 2.17. The molecule has 0 spiro atoms. The van der Waals surface area contributed by atoms with Crippen molar-refractivity contribution in [2.45, 2.75) is 6.42 Å². The normalized spacial score (nSPS) is 9.23. The van der Waals surface area contributed by atoms with Crippen LogP contribution in [-0.2, 0) is 6.42 Å². The van der Waals surface area contributed by atoms with Crippen LogP contribution in [0.15, 0.2) is 12.3 Å². The first kappa shape index (κ1) is 9.49. The lowest BCUT2D eigenvalue weighted by Crippen LogP contribution is -2.01. The fourth-order valence-corrected chi connectivity index (χ4v) is 1.09. The molecule has 0 atom stereocenters. The van der Waals surface area contributed by atoms with Gasteiger partial charge in [0, 0.05) is 6.20 Å². The number of nitrogens with zero attached hydrogens (tertiary/aromatic N) is 2. The molecule has 13 heavy (non-hydrogen) atoms. The summed E-state index contributed by atoms with van der Waals surface area (Å²) in [5.41, 5.74) is 0.417. The van der Waals surface area contributed by atoms with Crippen molar-refractivity contribution >= 4 is 17.6 Å². The van der Waals surface area contributed by atoms with Crippen LogP contribution in [0.5, 0.6) is 0 Å². The maximum atomic E-state index is 10.5. The number of carboxylic acid groups (broad SMARTS) is 1. The van der Waals surface area contributed by atoms with Crippen LogP contribution in [0, 0.1) is 11.3 Å². The highest BCUT2D eigenvalue weighted by molar-refractivity contribution is 6.33. The molecule has 0 aliphatic carbocycles. The highest BCUT2D eigenvalue weighted by Gasteiger charge is 2.10. The van der Waals surface area contributed by atoms with E-state index >= 15 is 0 Å². The van der Waals surface area contributed by atoms with E-state index in [1.54, 1.807) is 0 Å². The first-order chi connectivity index (χ1) is 6.15. The zero-order valence-corrected chi connectivity index (χ0v) is 7.25. The Balaban J connectivity index is 3.07. The van der Waals surface area contributed by atoms with Crippen molar-refractivity contribution in [3.8, 4) is 6.07 Å². The minimum Gasteiger partial charge on any atom is -0.476 e. The van der Waals surface area contributed by atoms with Gasteiger partial charge in [-0.2, -0.15) is 5.26 Å². The van der Waals surface area contributed by atoms with Gasteiger partial charge in [0.05, 0.1) is 17.5 Å². The predicted molar refractivity (Wildman–Crippen MR) is 45.5 cm³/mol. The summed E-state index contributed by atoms with van der Waals surface area (Å²) in [6.07, 6.45) is 1.51. The Kier molecular flexibility index (Phi) is 2.83. The molecule has 5 heteroatoms. The summed E-state index contributed by atoms with van der Waals surface area (Å²) in [6, 6.07) is 3.35. The summed E-state index contributed by atoms with van der Waals surface area (Å²) in [5.74, 6) is -1.17. The maximum Gasteiger partial charge on any atom is 0.356 e. The molecule has 4 nitrogen and oxygen atoms in total. The molecule has 0 bridgehead atoms. The Morgan fingerprint density at radius 3 is 2.92 bits per heavy atom.